The van der Waals surface area contributed by atoms with E-state index in [4.69, 9.17) is 14.9 Å². The molecule has 0 spiro atoms. The molecule has 2 aromatic rings. The van der Waals surface area contributed by atoms with Crippen molar-refractivity contribution in [1.82, 2.24) is 0 Å². The maximum Gasteiger partial charge on any atom is 0.190 e. The van der Waals surface area contributed by atoms with Crippen LogP contribution >= 0.6 is 0 Å². The van der Waals surface area contributed by atoms with Crippen LogP contribution < -0.4 is 0 Å². The zero-order valence-electron chi connectivity index (χ0n) is 7.14. The number of fused-ring (bicyclic) bond motifs is 1. The summed E-state index contributed by atoms with van der Waals surface area (Å²) in [6.45, 7) is 0. The fourth-order valence-corrected chi connectivity index (χ4v) is 1.30. The fourth-order valence-electron chi connectivity index (χ4n) is 1.30. The highest BCUT2D eigenvalue weighted by molar-refractivity contribution is 6.17. The summed E-state index contributed by atoms with van der Waals surface area (Å²) in [5, 5.41) is 20.9. The molecule has 1 heterocycles. The third-order valence-electron chi connectivity index (χ3n) is 1.94. The van der Waals surface area contributed by atoms with Gasteiger partial charge in [-0.25, -0.2) is 0 Å². The largest absolute Gasteiger partial charge is 0.464 e. The molecule has 0 aliphatic rings. The molecule has 0 fully saturated rings. The van der Waals surface area contributed by atoms with Crippen LogP contribution in [-0.4, -0.2) is 10.9 Å². The summed E-state index contributed by atoms with van der Waals surface area (Å²) in [6, 6.07) is 9.03. The first kappa shape index (κ1) is 8.32. The molecule has 0 bridgehead atoms. The minimum atomic E-state index is -0.0463. The van der Waals surface area contributed by atoms with Crippen molar-refractivity contribution in [3.8, 4) is 6.07 Å². The van der Waals surface area contributed by atoms with E-state index in [0.29, 0.717) is 11.1 Å². The fraction of sp³-hybridized carbons (Fsp3) is 0. The van der Waals surface area contributed by atoms with Crippen molar-refractivity contribution in [2.75, 3.05) is 0 Å². The summed E-state index contributed by atoms with van der Waals surface area (Å²) < 4.78 is 5.19. The Hall–Kier alpha value is -2.28. The Morgan fingerprint density at radius 1 is 1.43 bits per heavy atom. The first-order valence-corrected chi connectivity index (χ1v) is 3.95. The molecule has 0 aliphatic heterocycles. The van der Waals surface area contributed by atoms with Crippen molar-refractivity contribution in [3.63, 3.8) is 0 Å². The van der Waals surface area contributed by atoms with E-state index in [0.717, 1.165) is 5.39 Å². The zero-order valence-corrected chi connectivity index (χ0v) is 7.14. The van der Waals surface area contributed by atoms with Crippen LogP contribution in [0, 0.1) is 11.3 Å². The Morgan fingerprint density at radius 3 is 2.93 bits per heavy atom. The van der Waals surface area contributed by atoms with Gasteiger partial charge in [0.05, 0.1) is 5.56 Å². The van der Waals surface area contributed by atoms with Crippen LogP contribution in [-0.2, 0) is 0 Å². The predicted octanol–water partition coefficient (Wildman–Crippen LogP) is 2.13. The third kappa shape index (κ3) is 1.12. The second-order valence-corrected chi connectivity index (χ2v) is 2.71. The van der Waals surface area contributed by atoms with Gasteiger partial charge in [-0.3, -0.25) is 0 Å². The molecule has 0 saturated heterocycles. The standard InChI is InChI=1S/C10H6N2O2/c11-5-9(12-13)8-6-14-10-4-2-1-3-7(8)10/h1-4,6,13H/b12-9-. The quantitative estimate of drug-likeness (QED) is 0.421. The van der Waals surface area contributed by atoms with Crippen LogP contribution in [0.25, 0.3) is 11.0 Å². The van der Waals surface area contributed by atoms with Crippen molar-refractivity contribution in [2.24, 2.45) is 5.16 Å². The van der Waals surface area contributed by atoms with Gasteiger partial charge in [-0.05, 0) is 6.07 Å². The Bertz CT molecular complexity index is 534. The Morgan fingerprint density at radius 2 is 2.21 bits per heavy atom. The molecule has 68 valence electrons. The summed E-state index contributed by atoms with van der Waals surface area (Å²) in [7, 11) is 0. The number of nitrogens with zero attached hydrogens (tertiary/aromatic N) is 2. The van der Waals surface area contributed by atoms with Crippen molar-refractivity contribution in [3.05, 3.63) is 36.1 Å². The normalized spacial score (nSPS) is 11.5. The zero-order chi connectivity index (χ0) is 9.97. The molecular formula is C10H6N2O2. The maximum atomic E-state index is 8.67. The summed E-state index contributed by atoms with van der Waals surface area (Å²) in [6.07, 6.45) is 1.41. The van der Waals surface area contributed by atoms with Crippen LogP contribution in [0.1, 0.15) is 5.56 Å². The molecule has 0 atom stereocenters. The van der Waals surface area contributed by atoms with E-state index in [2.05, 4.69) is 5.16 Å². The molecule has 4 heteroatoms. The number of hydrogen-bond donors (Lipinski definition) is 1. The second kappa shape index (κ2) is 3.23. The lowest BCUT2D eigenvalue weighted by molar-refractivity contribution is 0.320. The topological polar surface area (TPSA) is 69.5 Å². The molecule has 4 nitrogen and oxygen atoms in total. The number of benzene rings is 1. The third-order valence-corrected chi connectivity index (χ3v) is 1.94. The first-order chi connectivity index (χ1) is 6.86. The highest BCUT2D eigenvalue weighted by atomic mass is 16.4. The van der Waals surface area contributed by atoms with E-state index < -0.39 is 0 Å². The molecular weight excluding hydrogens is 180 g/mol. The van der Waals surface area contributed by atoms with Crippen LogP contribution in [0.5, 0.6) is 0 Å². The van der Waals surface area contributed by atoms with Gasteiger partial charge < -0.3 is 9.62 Å². The number of hydrogen-bond acceptors (Lipinski definition) is 4. The molecule has 1 N–H and O–H groups in total. The molecule has 0 saturated carbocycles. The summed E-state index contributed by atoms with van der Waals surface area (Å²) in [5.74, 6) is 0. The Kier molecular flexibility index (Phi) is 1.92. The van der Waals surface area contributed by atoms with Gasteiger partial charge in [0.1, 0.15) is 17.9 Å². The van der Waals surface area contributed by atoms with Crippen molar-refractivity contribution >= 4 is 16.7 Å². The summed E-state index contributed by atoms with van der Waals surface area (Å²) in [4.78, 5) is 0. The number of para-hydroxylation sites is 1. The van der Waals surface area contributed by atoms with Gasteiger partial charge in [0.25, 0.3) is 0 Å². The Labute approximate surface area is 79.7 Å². The van der Waals surface area contributed by atoms with Crippen LogP contribution in [0.4, 0.5) is 0 Å². The molecule has 0 amide bonds. The van der Waals surface area contributed by atoms with Gasteiger partial charge in [-0.1, -0.05) is 23.4 Å². The van der Waals surface area contributed by atoms with E-state index in [1.807, 2.05) is 12.1 Å². The molecule has 14 heavy (non-hydrogen) atoms. The van der Waals surface area contributed by atoms with E-state index in [1.165, 1.54) is 6.26 Å². The summed E-state index contributed by atoms with van der Waals surface area (Å²) >= 11 is 0. The van der Waals surface area contributed by atoms with E-state index in [9.17, 15) is 0 Å². The van der Waals surface area contributed by atoms with Gasteiger partial charge in [-0.2, -0.15) is 5.26 Å². The van der Waals surface area contributed by atoms with Gasteiger partial charge in [-0.15, -0.1) is 0 Å². The van der Waals surface area contributed by atoms with Crippen molar-refractivity contribution < 1.29 is 9.62 Å². The van der Waals surface area contributed by atoms with E-state index in [1.54, 1.807) is 18.2 Å². The van der Waals surface area contributed by atoms with Crippen LogP contribution in [0.15, 0.2) is 40.1 Å². The highest BCUT2D eigenvalue weighted by Gasteiger charge is 2.10. The smallest absolute Gasteiger partial charge is 0.190 e. The van der Waals surface area contributed by atoms with Gasteiger partial charge in [0.15, 0.2) is 5.71 Å². The summed E-state index contributed by atoms with van der Waals surface area (Å²) in [5.41, 5.74) is 1.12. The highest BCUT2D eigenvalue weighted by Crippen LogP contribution is 2.20. The minimum absolute atomic E-state index is 0.0463. The van der Waals surface area contributed by atoms with Crippen LogP contribution in [0.3, 0.4) is 0 Å². The SMILES string of the molecule is N#C/C(=N/O)c1coc2ccccc12. The number of rotatable bonds is 1. The lowest BCUT2D eigenvalue weighted by Gasteiger charge is -1.90. The second-order valence-electron chi connectivity index (χ2n) is 2.71. The first-order valence-electron chi connectivity index (χ1n) is 3.95. The van der Waals surface area contributed by atoms with E-state index in [-0.39, 0.29) is 5.71 Å². The molecule has 1 aromatic carbocycles. The molecule has 2 rings (SSSR count). The number of furan rings is 1. The average Bonchev–Trinajstić information content (AvgIpc) is 2.65. The monoisotopic (exact) mass is 186 g/mol. The number of oxime groups is 1. The maximum absolute atomic E-state index is 8.67. The molecule has 0 unspecified atom stereocenters. The van der Waals surface area contributed by atoms with Gasteiger partial charge >= 0.3 is 0 Å². The van der Waals surface area contributed by atoms with Crippen molar-refractivity contribution in [2.45, 2.75) is 0 Å². The predicted molar refractivity (Wildman–Crippen MR) is 50.2 cm³/mol. The average molecular weight is 186 g/mol. The minimum Gasteiger partial charge on any atom is -0.464 e. The van der Waals surface area contributed by atoms with Gasteiger partial charge in [0, 0.05) is 5.39 Å². The Balaban J connectivity index is 2.71. The van der Waals surface area contributed by atoms with Gasteiger partial charge in [0.2, 0.25) is 0 Å². The lowest BCUT2D eigenvalue weighted by Crippen LogP contribution is -1.94. The molecule has 1 aromatic heterocycles. The molecule has 0 radical (unpaired) electrons. The number of nitriles is 1. The lowest BCUT2D eigenvalue weighted by atomic mass is 10.1. The van der Waals surface area contributed by atoms with Crippen LogP contribution in [0.2, 0.25) is 0 Å². The van der Waals surface area contributed by atoms with E-state index >= 15 is 0 Å². The van der Waals surface area contributed by atoms with Crippen molar-refractivity contribution in [1.29, 1.82) is 5.26 Å². The molecule has 0 aliphatic carbocycles.